The Balaban J connectivity index is 2.16. The van der Waals surface area contributed by atoms with E-state index in [9.17, 15) is 0 Å². The second-order valence-corrected chi connectivity index (χ2v) is 5.31. The number of ether oxygens (including phenoxy) is 2. The molecule has 0 radical (unpaired) electrons. The fourth-order valence-electron chi connectivity index (χ4n) is 2.62. The molecule has 0 amide bonds. The molecule has 1 heterocycles. The lowest BCUT2D eigenvalue weighted by atomic mass is 10.1. The summed E-state index contributed by atoms with van der Waals surface area (Å²) in [7, 11) is 4.41. The van der Waals surface area contributed by atoms with E-state index in [2.05, 4.69) is 23.9 Å². The van der Waals surface area contributed by atoms with E-state index < -0.39 is 0 Å². The van der Waals surface area contributed by atoms with Gasteiger partial charge in [0.2, 0.25) is 0 Å². The predicted molar refractivity (Wildman–Crippen MR) is 74.8 cm³/mol. The first-order valence-corrected chi connectivity index (χ1v) is 7.26. The molecule has 0 aromatic heterocycles. The van der Waals surface area contributed by atoms with Gasteiger partial charge in [-0.25, -0.2) is 0 Å². The van der Waals surface area contributed by atoms with Crippen molar-refractivity contribution in [3.8, 4) is 0 Å². The Morgan fingerprint density at radius 1 is 1.28 bits per heavy atom. The van der Waals surface area contributed by atoms with Gasteiger partial charge >= 0.3 is 0 Å². The minimum atomic E-state index is -0.0336. The molecule has 108 valence electrons. The molecule has 1 saturated heterocycles. The minimum Gasteiger partial charge on any atom is -0.353 e. The lowest BCUT2D eigenvalue weighted by Gasteiger charge is -2.23. The molecule has 1 fully saturated rings. The van der Waals surface area contributed by atoms with Gasteiger partial charge in [-0.15, -0.1) is 0 Å². The molecule has 1 unspecified atom stereocenters. The first-order valence-electron chi connectivity index (χ1n) is 7.26. The topological polar surface area (TPSA) is 24.9 Å². The summed E-state index contributed by atoms with van der Waals surface area (Å²) in [6.45, 7) is 10.2. The molecular weight excluding hydrogens is 228 g/mol. The third-order valence-electron chi connectivity index (χ3n) is 3.51. The van der Waals surface area contributed by atoms with Gasteiger partial charge in [0.25, 0.3) is 0 Å². The van der Waals surface area contributed by atoms with Crippen molar-refractivity contribution in [2.75, 3.05) is 53.5 Å². The fourth-order valence-corrected chi connectivity index (χ4v) is 2.62. The van der Waals surface area contributed by atoms with Crippen molar-refractivity contribution < 1.29 is 9.47 Å². The third-order valence-corrected chi connectivity index (χ3v) is 3.51. The second kappa shape index (κ2) is 8.86. The van der Waals surface area contributed by atoms with Gasteiger partial charge < -0.3 is 19.3 Å². The van der Waals surface area contributed by atoms with Crippen molar-refractivity contribution in [3.63, 3.8) is 0 Å². The highest BCUT2D eigenvalue weighted by Crippen LogP contribution is 2.15. The Hall–Kier alpha value is -0.160. The Morgan fingerprint density at radius 3 is 2.44 bits per heavy atom. The Bertz CT molecular complexity index is 208. The summed E-state index contributed by atoms with van der Waals surface area (Å²) in [5.74, 6) is 0.831. The van der Waals surface area contributed by atoms with Crippen LogP contribution < -0.4 is 0 Å². The van der Waals surface area contributed by atoms with E-state index in [1.807, 2.05) is 13.8 Å². The molecule has 0 spiro atoms. The molecule has 4 nitrogen and oxygen atoms in total. The predicted octanol–water partition coefficient (Wildman–Crippen LogP) is 1.66. The maximum absolute atomic E-state index is 5.56. The average molecular weight is 258 g/mol. The lowest BCUT2D eigenvalue weighted by Crippen LogP contribution is -2.31. The summed E-state index contributed by atoms with van der Waals surface area (Å²) in [5.41, 5.74) is 0. The van der Waals surface area contributed by atoms with Crippen LogP contribution in [-0.4, -0.2) is 69.6 Å². The van der Waals surface area contributed by atoms with Gasteiger partial charge in [0.15, 0.2) is 6.29 Å². The highest BCUT2D eigenvalue weighted by atomic mass is 16.7. The molecule has 4 heteroatoms. The van der Waals surface area contributed by atoms with E-state index in [1.165, 1.54) is 26.1 Å². The minimum absolute atomic E-state index is 0.0336. The van der Waals surface area contributed by atoms with Gasteiger partial charge in [0.1, 0.15) is 0 Å². The normalized spacial score (nSPS) is 21.3. The van der Waals surface area contributed by atoms with Gasteiger partial charge in [-0.1, -0.05) is 0 Å². The summed E-state index contributed by atoms with van der Waals surface area (Å²) in [5, 5.41) is 0. The van der Waals surface area contributed by atoms with Crippen LogP contribution in [0.15, 0.2) is 0 Å². The van der Waals surface area contributed by atoms with Crippen molar-refractivity contribution in [1.82, 2.24) is 9.80 Å². The first-order chi connectivity index (χ1) is 8.65. The molecule has 0 saturated carbocycles. The van der Waals surface area contributed by atoms with Crippen LogP contribution in [0.5, 0.6) is 0 Å². The Labute approximate surface area is 112 Å². The van der Waals surface area contributed by atoms with E-state index in [4.69, 9.17) is 9.47 Å². The van der Waals surface area contributed by atoms with Crippen LogP contribution in [0.2, 0.25) is 0 Å². The van der Waals surface area contributed by atoms with E-state index in [0.29, 0.717) is 0 Å². The summed E-state index contributed by atoms with van der Waals surface area (Å²) in [6.07, 6.45) is 2.26. The van der Waals surface area contributed by atoms with Crippen LogP contribution in [0.3, 0.4) is 0 Å². The third kappa shape index (κ3) is 6.14. The highest BCUT2D eigenvalue weighted by molar-refractivity contribution is 4.75. The standard InChI is InChI=1S/C14H30N2O2/c1-5-17-14(18-6-2)8-10-16(4)12-13-7-9-15(3)11-13/h13-14H,5-12H2,1-4H3. The van der Waals surface area contributed by atoms with Crippen LogP contribution in [0, 0.1) is 5.92 Å². The molecule has 0 N–H and O–H groups in total. The van der Waals surface area contributed by atoms with Crippen molar-refractivity contribution in [2.45, 2.75) is 33.0 Å². The zero-order valence-electron chi connectivity index (χ0n) is 12.5. The molecule has 18 heavy (non-hydrogen) atoms. The summed E-state index contributed by atoms with van der Waals surface area (Å²) < 4.78 is 11.1. The van der Waals surface area contributed by atoms with Gasteiger partial charge in [-0.2, -0.15) is 0 Å². The monoisotopic (exact) mass is 258 g/mol. The largest absolute Gasteiger partial charge is 0.353 e. The van der Waals surface area contributed by atoms with Crippen LogP contribution >= 0.6 is 0 Å². The molecule has 1 aliphatic heterocycles. The smallest absolute Gasteiger partial charge is 0.158 e. The molecule has 0 aromatic rings. The van der Waals surface area contributed by atoms with Crippen LogP contribution in [-0.2, 0) is 9.47 Å². The number of likely N-dealkylation sites (tertiary alicyclic amines) is 1. The molecule has 0 aromatic carbocycles. The zero-order chi connectivity index (χ0) is 13.4. The van der Waals surface area contributed by atoms with Crippen molar-refractivity contribution in [1.29, 1.82) is 0 Å². The SMILES string of the molecule is CCOC(CCN(C)CC1CCN(C)C1)OCC. The van der Waals surface area contributed by atoms with E-state index in [0.717, 1.165) is 32.1 Å². The molecule has 1 atom stereocenters. The first kappa shape index (κ1) is 15.9. The van der Waals surface area contributed by atoms with Gasteiger partial charge in [0.05, 0.1) is 0 Å². The highest BCUT2D eigenvalue weighted by Gasteiger charge is 2.21. The Morgan fingerprint density at radius 2 is 1.94 bits per heavy atom. The maximum Gasteiger partial charge on any atom is 0.158 e. The molecule has 1 rings (SSSR count). The van der Waals surface area contributed by atoms with E-state index in [-0.39, 0.29) is 6.29 Å². The maximum atomic E-state index is 5.56. The molecule has 1 aliphatic rings. The number of hydrogen-bond acceptors (Lipinski definition) is 4. The fraction of sp³-hybridized carbons (Fsp3) is 1.00. The van der Waals surface area contributed by atoms with Gasteiger partial charge in [-0.3, -0.25) is 0 Å². The lowest BCUT2D eigenvalue weighted by molar-refractivity contribution is -0.141. The van der Waals surface area contributed by atoms with Gasteiger partial charge in [-0.05, 0) is 46.8 Å². The summed E-state index contributed by atoms with van der Waals surface area (Å²) in [4.78, 5) is 4.83. The van der Waals surface area contributed by atoms with Crippen molar-refractivity contribution in [3.05, 3.63) is 0 Å². The average Bonchev–Trinajstić information content (AvgIpc) is 2.72. The summed E-state index contributed by atoms with van der Waals surface area (Å²) >= 11 is 0. The molecular formula is C14H30N2O2. The summed E-state index contributed by atoms with van der Waals surface area (Å²) in [6, 6.07) is 0. The van der Waals surface area contributed by atoms with Crippen molar-refractivity contribution >= 4 is 0 Å². The number of rotatable bonds is 9. The zero-order valence-corrected chi connectivity index (χ0v) is 12.5. The number of hydrogen-bond donors (Lipinski definition) is 0. The van der Waals surface area contributed by atoms with E-state index in [1.54, 1.807) is 0 Å². The second-order valence-electron chi connectivity index (χ2n) is 5.31. The van der Waals surface area contributed by atoms with E-state index >= 15 is 0 Å². The van der Waals surface area contributed by atoms with Crippen LogP contribution in [0.4, 0.5) is 0 Å². The molecule has 0 bridgehead atoms. The van der Waals surface area contributed by atoms with Crippen LogP contribution in [0.25, 0.3) is 0 Å². The van der Waals surface area contributed by atoms with Crippen molar-refractivity contribution in [2.24, 2.45) is 5.92 Å². The quantitative estimate of drug-likeness (QED) is 0.587. The van der Waals surface area contributed by atoms with Gasteiger partial charge in [0, 0.05) is 39.3 Å². The number of nitrogens with zero attached hydrogens (tertiary/aromatic N) is 2. The van der Waals surface area contributed by atoms with Crippen LogP contribution in [0.1, 0.15) is 26.7 Å². The molecule has 0 aliphatic carbocycles. The Kier molecular flexibility index (Phi) is 7.82.